The summed E-state index contributed by atoms with van der Waals surface area (Å²) in [4.78, 5) is 22.9. The summed E-state index contributed by atoms with van der Waals surface area (Å²) in [6, 6.07) is 12.9. The Bertz CT molecular complexity index is 908. The number of carboxylic acid groups (broad SMARTS) is 1. The molecule has 0 saturated heterocycles. The number of anilines is 2. The molecule has 8 heteroatoms. The van der Waals surface area contributed by atoms with Crippen LogP contribution in [0.3, 0.4) is 0 Å². The van der Waals surface area contributed by atoms with Crippen molar-refractivity contribution in [2.24, 2.45) is 0 Å². The highest BCUT2D eigenvalue weighted by Crippen LogP contribution is 2.17. The number of hydrogen-bond acceptors (Lipinski definition) is 4. The van der Waals surface area contributed by atoms with E-state index in [1.165, 1.54) is 12.1 Å². The number of hydrogen-bond donors (Lipinski definition) is 3. The van der Waals surface area contributed by atoms with E-state index < -0.39 is 16.0 Å². The zero-order chi connectivity index (χ0) is 19.9. The van der Waals surface area contributed by atoms with Gasteiger partial charge in [0.1, 0.15) is 0 Å². The molecule has 0 aliphatic rings. The van der Waals surface area contributed by atoms with E-state index in [0.717, 1.165) is 5.56 Å². The van der Waals surface area contributed by atoms with Crippen molar-refractivity contribution >= 4 is 33.3 Å². The Morgan fingerprint density at radius 1 is 1.04 bits per heavy atom. The first kappa shape index (κ1) is 20.4. The lowest BCUT2D eigenvalue weighted by molar-refractivity contribution is -0.116. The minimum atomic E-state index is -3.39. The molecular formula is C19H22N2O5S. The molecule has 2 rings (SSSR count). The maximum atomic E-state index is 12.1. The van der Waals surface area contributed by atoms with Crippen LogP contribution < -0.4 is 10.0 Å². The average Bonchev–Trinajstić information content (AvgIpc) is 2.60. The normalized spacial score (nSPS) is 11.0. The Balaban J connectivity index is 1.92. The average molecular weight is 390 g/mol. The molecule has 0 heterocycles. The Morgan fingerprint density at radius 3 is 2.33 bits per heavy atom. The lowest BCUT2D eigenvalue weighted by atomic mass is 10.1. The third kappa shape index (κ3) is 6.74. The maximum Gasteiger partial charge on any atom is 0.335 e. The molecular weight excluding hydrogens is 368 g/mol. The summed E-state index contributed by atoms with van der Waals surface area (Å²) in [5.74, 6) is -1.18. The van der Waals surface area contributed by atoms with Crippen LogP contribution in [-0.2, 0) is 21.2 Å². The number of carboxylic acids is 1. The number of benzene rings is 2. The second kappa shape index (κ2) is 9.18. The number of aromatic carboxylic acids is 1. The summed E-state index contributed by atoms with van der Waals surface area (Å²) in [5, 5.41) is 11.6. The molecule has 2 aromatic rings. The molecule has 144 valence electrons. The lowest BCUT2D eigenvalue weighted by Crippen LogP contribution is -2.16. The molecule has 27 heavy (non-hydrogen) atoms. The standard InChI is InChI=1S/C19H22N2O5S/c1-2-12-27(25,26)21-17-5-3-4-16(13-17)20-18(22)11-8-14-6-9-15(10-7-14)19(23)24/h3-7,9-10,13,21H,2,8,11-12H2,1H3,(H,20,22)(H,23,24). The van der Waals surface area contributed by atoms with Crippen LogP contribution >= 0.6 is 0 Å². The van der Waals surface area contributed by atoms with E-state index in [4.69, 9.17) is 5.11 Å². The summed E-state index contributed by atoms with van der Waals surface area (Å²) in [6.45, 7) is 1.78. The monoisotopic (exact) mass is 390 g/mol. The Hall–Kier alpha value is -2.87. The van der Waals surface area contributed by atoms with Gasteiger partial charge in [0.15, 0.2) is 0 Å². The van der Waals surface area contributed by atoms with Crippen LogP contribution in [0.4, 0.5) is 11.4 Å². The first-order valence-electron chi connectivity index (χ1n) is 8.51. The van der Waals surface area contributed by atoms with Crippen LogP contribution in [0.2, 0.25) is 0 Å². The van der Waals surface area contributed by atoms with Crippen LogP contribution in [0.15, 0.2) is 48.5 Å². The fourth-order valence-corrected chi connectivity index (χ4v) is 3.58. The molecule has 1 amide bonds. The molecule has 3 N–H and O–H groups in total. The van der Waals surface area contributed by atoms with E-state index in [1.807, 2.05) is 0 Å². The van der Waals surface area contributed by atoms with Crippen LogP contribution in [0.5, 0.6) is 0 Å². The molecule has 0 fully saturated rings. The molecule has 0 spiro atoms. The SMILES string of the molecule is CCCS(=O)(=O)Nc1cccc(NC(=O)CCc2ccc(C(=O)O)cc2)c1. The van der Waals surface area contributed by atoms with E-state index in [2.05, 4.69) is 10.0 Å². The number of carbonyl (C=O) groups excluding carboxylic acids is 1. The van der Waals surface area contributed by atoms with Gasteiger partial charge >= 0.3 is 5.97 Å². The van der Waals surface area contributed by atoms with Crippen LogP contribution in [0, 0.1) is 0 Å². The number of aryl methyl sites for hydroxylation is 1. The first-order chi connectivity index (χ1) is 12.8. The number of carbonyl (C=O) groups is 2. The summed E-state index contributed by atoms with van der Waals surface area (Å²) in [6.07, 6.45) is 1.20. The van der Waals surface area contributed by atoms with Gasteiger partial charge in [-0.05, 0) is 48.7 Å². The molecule has 7 nitrogen and oxygen atoms in total. The Morgan fingerprint density at radius 2 is 1.70 bits per heavy atom. The van der Waals surface area contributed by atoms with Crippen LogP contribution in [0.1, 0.15) is 35.7 Å². The maximum absolute atomic E-state index is 12.1. The fourth-order valence-electron chi connectivity index (χ4n) is 2.46. The van der Waals surface area contributed by atoms with Gasteiger partial charge in [0, 0.05) is 12.1 Å². The summed E-state index contributed by atoms with van der Waals surface area (Å²) < 4.78 is 26.1. The van der Waals surface area contributed by atoms with E-state index in [9.17, 15) is 18.0 Å². The van der Waals surface area contributed by atoms with Gasteiger partial charge in [-0.3, -0.25) is 9.52 Å². The second-order valence-corrected chi connectivity index (χ2v) is 7.89. The quantitative estimate of drug-likeness (QED) is 0.609. The topological polar surface area (TPSA) is 113 Å². The molecule has 0 aromatic heterocycles. The van der Waals surface area contributed by atoms with Crippen molar-refractivity contribution in [1.82, 2.24) is 0 Å². The lowest BCUT2D eigenvalue weighted by Gasteiger charge is -2.10. The van der Waals surface area contributed by atoms with Crippen molar-refractivity contribution in [3.63, 3.8) is 0 Å². The Kier molecular flexibility index (Phi) is 6.95. The van der Waals surface area contributed by atoms with Crippen molar-refractivity contribution in [2.75, 3.05) is 15.8 Å². The zero-order valence-electron chi connectivity index (χ0n) is 14.9. The largest absolute Gasteiger partial charge is 0.478 e. The van der Waals surface area contributed by atoms with Gasteiger partial charge in [0.05, 0.1) is 17.0 Å². The number of sulfonamides is 1. The van der Waals surface area contributed by atoms with Gasteiger partial charge in [0.2, 0.25) is 15.9 Å². The summed E-state index contributed by atoms with van der Waals surface area (Å²) >= 11 is 0. The van der Waals surface area contributed by atoms with Gasteiger partial charge in [-0.25, -0.2) is 13.2 Å². The van der Waals surface area contributed by atoms with Crippen LogP contribution in [-0.4, -0.2) is 31.2 Å². The molecule has 0 bridgehead atoms. The van der Waals surface area contributed by atoms with Gasteiger partial charge in [-0.2, -0.15) is 0 Å². The molecule has 0 aliphatic carbocycles. The third-order valence-electron chi connectivity index (χ3n) is 3.73. The fraction of sp³-hybridized carbons (Fsp3) is 0.263. The van der Waals surface area contributed by atoms with E-state index in [0.29, 0.717) is 24.2 Å². The zero-order valence-corrected chi connectivity index (χ0v) is 15.8. The molecule has 0 saturated carbocycles. The van der Waals surface area contributed by atoms with Gasteiger partial charge in [-0.1, -0.05) is 25.1 Å². The van der Waals surface area contributed by atoms with Crippen LogP contribution in [0.25, 0.3) is 0 Å². The molecule has 0 aliphatic heterocycles. The van der Waals surface area contributed by atoms with Gasteiger partial charge in [-0.15, -0.1) is 0 Å². The van der Waals surface area contributed by atoms with E-state index >= 15 is 0 Å². The number of nitrogens with one attached hydrogen (secondary N) is 2. The predicted octanol–water partition coefficient (Wildman–Crippen LogP) is 3.11. The van der Waals surface area contributed by atoms with Crippen molar-refractivity contribution < 1.29 is 23.1 Å². The highest BCUT2D eigenvalue weighted by atomic mass is 32.2. The van der Waals surface area contributed by atoms with Crippen molar-refractivity contribution in [2.45, 2.75) is 26.2 Å². The molecule has 2 aromatic carbocycles. The van der Waals surface area contributed by atoms with E-state index in [1.54, 1.807) is 43.3 Å². The first-order valence-corrected chi connectivity index (χ1v) is 10.2. The smallest absolute Gasteiger partial charge is 0.335 e. The van der Waals surface area contributed by atoms with E-state index in [-0.39, 0.29) is 23.6 Å². The highest BCUT2D eigenvalue weighted by Gasteiger charge is 2.10. The third-order valence-corrected chi connectivity index (χ3v) is 5.23. The number of amides is 1. The highest BCUT2D eigenvalue weighted by molar-refractivity contribution is 7.92. The van der Waals surface area contributed by atoms with Gasteiger partial charge in [0.25, 0.3) is 0 Å². The predicted molar refractivity (Wildman–Crippen MR) is 104 cm³/mol. The number of rotatable bonds is 9. The minimum absolute atomic E-state index is 0.0320. The summed E-state index contributed by atoms with van der Waals surface area (Å²) in [5.41, 5.74) is 1.95. The second-order valence-electron chi connectivity index (χ2n) is 6.05. The van der Waals surface area contributed by atoms with Crippen molar-refractivity contribution in [3.05, 3.63) is 59.7 Å². The van der Waals surface area contributed by atoms with Gasteiger partial charge < -0.3 is 10.4 Å². The van der Waals surface area contributed by atoms with Crippen molar-refractivity contribution in [3.8, 4) is 0 Å². The van der Waals surface area contributed by atoms with Crippen molar-refractivity contribution in [1.29, 1.82) is 0 Å². The molecule has 0 unspecified atom stereocenters. The molecule has 0 atom stereocenters. The minimum Gasteiger partial charge on any atom is -0.478 e. The molecule has 0 radical (unpaired) electrons. The summed E-state index contributed by atoms with van der Waals surface area (Å²) in [7, 11) is -3.39. The Labute approximate surface area is 158 Å².